The maximum atomic E-state index is 12.0. The fraction of sp³-hybridized carbons (Fsp3) is 0.462. The zero-order valence-electron chi connectivity index (χ0n) is 10.2. The van der Waals surface area contributed by atoms with E-state index in [1.165, 1.54) is 0 Å². The van der Waals surface area contributed by atoms with E-state index >= 15 is 0 Å². The van der Waals surface area contributed by atoms with Crippen molar-refractivity contribution in [3.8, 4) is 5.75 Å². The lowest BCUT2D eigenvalue weighted by molar-refractivity contribution is -0.122. The summed E-state index contributed by atoms with van der Waals surface area (Å²) < 4.78 is 10.4. The van der Waals surface area contributed by atoms with Crippen molar-refractivity contribution in [3.05, 3.63) is 29.8 Å². The van der Waals surface area contributed by atoms with Gasteiger partial charge < -0.3 is 14.8 Å². The smallest absolute Gasteiger partial charge is 0.231 e. The second-order valence-electron chi connectivity index (χ2n) is 4.20. The fourth-order valence-corrected chi connectivity index (χ4v) is 2.16. The number of carbonyl (C=O) groups excluding carboxylic acids is 1. The SMILES string of the molecule is COCC(Cl)CNC(=O)C1COc2ccccc21. The molecule has 1 aromatic rings. The van der Waals surface area contributed by atoms with Crippen LogP contribution in [0.4, 0.5) is 0 Å². The number of halogens is 1. The predicted molar refractivity (Wildman–Crippen MR) is 69.2 cm³/mol. The van der Waals surface area contributed by atoms with Gasteiger partial charge in [0.1, 0.15) is 18.3 Å². The Balaban J connectivity index is 1.91. The van der Waals surface area contributed by atoms with Gasteiger partial charge >= 0.3 is 0 Å². The largest absolute Gasteiger partial charge is 0.492 e. The molecule has 0 fully saturated rings. The van der Waals surface area contributed by atoms with E-state index in [0.717, 1.165) is 11.3 Å². The highest BCUT2D eigenvalue weighted by Crippen LogP contribution is 2.33. The maximum absolute atomic E-state index is 12.0. The summed E-state index contributed by atoms with van der Waals surface area (Å²) in [7, 11) is 1.58. The molecule has 0 spiro atoms. The lowest BCUT2D eigenvalue weighted by atomic mass is 10.0. The van der Waals surface area contributed by atoms with Crippen LogP contribution in [-0.4, -0.2) is 38.2 Å². The van der Waals surface area contributed by atoms with Crippen LogP contribution in [-0.2, 0) is 9.53 Å². The third kappa shape index (κ3) is 2.94. The molecule has 0 saturated heterocycles. The third-order valence-corrected chi connectivity index (χ3v) is 3.14. The van der Waals surface area contributed by atoms with Crippen LogP contribution in [0.2, 0.25) is 0 Å². The van der Waals surface area contributed by atoms with E-state index < -0.39 is 0 Å². The third-order valence-electron chi connectivity index (χ3n) is 2.86. The Morgan fingerprint density at radius 2 is 2.39 bits per heavy atom. The standard InChI is InChI=1S/C13H16ClNO3/c1-17-7-9(14)6-15-13(16)11-8-18-12-5-3-2-4-10(11)12/h2-5,9,11H,6-8H2,1H3,(H,15,16). The summed E-state index contributed by atoms with van der Waals surface area (Å²) in [5, 5.41) is 2.61. The summed E-state index contributed by atoms with van der Waals surface area (Å²) >= 11 is 5.96. The van der Waals surface area contributed by atoms with Crippen molar-refractivity contribution in [2.75, 3.05) is 26.9 Å². The van der Waals surface area contributed by atoms with Gasteiger partial charge in [0.05, 0.1) is 12.0 Å². The Kier molecular flexibility index (Phi) is 4.44. The highest BCUT2D eigenvalue weighted by Gasteiger charge is 2.29. The second-order valence-corrected chi connectivity index (χ2v) is 4.82. The summed E-state index contributed by atoms with van der Waals surface area (Å²) in [6.45, 7) is 1.20. The van der Waals surface area contributed by atoms with E-state index in [1.807, 2.05) is 24.3 Å². The first-order chi connectivity index (χ1) is 8.72. The molecule has 1 N–H and O–H groups in total. The zero-order valence-corrected chi connectivity index (χ0v) is 10.9. The van der Waals surface area contributed by atoms with Gasteiger partial charge in [0, 0.05) is 19.2 Å². The highest BCUT2D eigenvalue weighted by molar-refractivity contribution is 6.21. The number of alkyl halides is 1. The Hall–Kier alpha value is -1.26. The highest BCUT2D eigenvalue weighted by atomic mass is 35.5. The minimum atomic E-state index is -0.243. The molecule has 1 aliphatic rings. The van der Waals surface area contributed by atoms with Crippen LogP contribution in [0.1, 0.15) is 11.5 Å². The molecule has 2 rings (SSSR count). The predicted octanol–water partition coefficient (Wildman–Crippen LogP) is 1.53. The Labute approximate surface area is 111 Å². The van der Waals surface area contributed by atoms with Crippen molar-refractivity contribution in [1.82, 2.24) is 5.32 Å². The summed E-state index contributed by atoms with van der Waals surface area (Å²) in [6.07, 6.45) is 0. The van der Waals surface area contributed by atoms with Gasteiger partial charge in [0.25, 0.3) is 0 Å². The number of carbonyl (C=O) groups is 1. The molecular weight excluding hydrogens is 254 g/mol. The lowest BCUT2D eigenvalue weighted by Crippen LogP contribution is -2.35. The molecule has 0 aliphatic carbocycles. The van der Waals surface area contributed by atoms with Crippen molar-refractivity contribution < 1.29 is 14.3 Å². The number of hydrogen-bond donors (Lipinski definition) is 1. The summed E-state index contributed by atoms with van der Waals surface area (Å²) in [6, 6.07) is 7.59. The minimum Gasteiger partial charge on any atom is -0.492 e. The maximum Gasteiger partial charge on any atom is 0.231 e. The Morgan fingerprint density at radius 3 is 3.17 bits per heavy atom. The van der Waals surface area contributed by atoms with Gasteiger partial charge in [0.2, 0.25) is 5.91 Å². The molecule has 1 aromatic carbocycles. The number of methoxy groups -OCH3 is 1. The monoisotopic (exact) mass is 269 g/mol. The number of para-hydroxylation sites is 1. The van der Waals surface area contributed by atoms with Crippen molar-refractivity contribution in [2.45, 2.75) is 11.3 Å². The van der Waals surface area contributed by atoms with Gasteiger partial charge in [-0.15, -0.1) is 11.6 Å². The van der Waals surface area contributed by atoms with Gasteiger partial charge in [-0.25, -0.2) is 0 Å². The van der Waals surface area contributed by atoms with Crippen molar-refractivity contribution in [1.29, 1.82) is 0 Å². The van der Waals surface area contributed by atoms with Crippen LogP contribution in [0.3, 0.4) is 0 Å². The molecule has 1 amide bonds. The molecule has 1 heterocycles. The van der Waals surface area contributed by atoms with Crippen molar-refractivity contribution in [2.24, 2.45) is 0 Å². The molecule has 0 bridgehead atoms. The minimum absolute atomic E-state index is 0.0540. The molecule has 0 radical (unpaired) electrons. The van der Waals surface area contributed by atoms with Gasteiger partial charge in [-0.2, -0.15) is 0 Å². The molecule has 4 nitrogen and oxygen atoms in total. The van der Waals surface area contributed by atoms with Gasteiger partial charge in [-0.05, 0) is 6.07 Å². The number of hydrogen-bond acceptors (Lipinski definition) is 3. The molecule has 2 atom stereocenters. The second kappa shape index (κ2) is 6.07. The number of fused-ring (bicyclic) bond motifs is 1. The quantitative estimate of drug-likeness (QED) is 0.825. The molecule has 0 saturated carbocycles. The average Bonchev–Trinajstić information content (AvgIpc) is 2.80. The summed E-state index contributed by atoms with van der Waals surface area (Å²) in [5.41, 5.74) is 0.938. The number of rotatable bonds is 5. The van der Waals surface area contributed by atoms with Crippen LogP contribution in [0, 0.1) is 0 Å². The van der Waals surface area contributed by atoms with Crippen LogP contribution in [0.5, 0.6) is 5.75 Å². The number of nitrogens with one attached hydrogen (secondary N) is 1. The fourth-order valence-electron chi connectivity index (χ4n) is 1.95. The molecule has 98 valence electrons. The van der Waals surface area contributed by atoms with Gasteiger partial charge in [-0.1, -0.05) is 18.2 Å². The molecule has 5 heteroatoms. The van der Waals surface area contributed by atoms with E-state index in [0.29, 0.717) is 19.8 Å². The normalized spacial score (nSPS) is 18.9. The molecule has 18 heavy (non-hydrogen) atoms. The van der Waals surface area contributed by atoms with Crippen molar-refractivity contribution in [3.63, 3.8) is 0 Å². The van der Waals surface area contributed by atoms with Crippen LogP contribution >= 0.6 is 11.6 Å². The van der Waals surface area contributed by atoms with Crippen LogP contribution < -0.4 is 10.1 Å². The topological polar surface area (TPSA) is 47.6 Å². The van der Waals surface area contributed by atoms with Crippen molar-refractivity contribution >= 4 is 17.5 Å². The van der Waals surface area contributed by atoms with Crippen LogP contribution in [0.15, 0.2) is 24.3 Å². The van der Waals surface area contributed by atoms with E-state index in [2.05, 4.69) is 5.32 Å². The van der Waals surface area contributed by atoms with Crippen LogP contribution in [0.25, 0.3) is 0 Å². The first-order valence-corrected chi connectivity index (χ1v) is 6.28. The first kappa shape index (κ1) is 13.2. The van der Waals surface area contributed by atoms with E-state index in [4.69, 9.17) is 21.1 Å². The van der Waals surface area contributed by atoms with E-state index in [1.54, 1.807) is 7.11 Å². The molecule has 1 aliphatic heterocycles. The number of benzene rings is 1. The van der Waals surface area contributed by atoms with Gasteiger partial charge in [0.15, 0.2) is 0 Å². The average molecular weight is 270 g/mol. The van der Waals surface area contributed by atoms with E-state index in [9.17, 15) is 4.79 Å². The Morgan fingerprint density at radius 1 is 1.61 bits per heavy atom. The number of ether oxygens (including phenoxy) is 2. The summed E-state index contributed by atoms with van der Waals surface area (Å²) in [5.74, 6) is 0.492. The molecule has 0 aromatic heterocycles. The first-order valence-electron chi connectivity index (χ1n) is 5.85. The van der Waals surface area contributed by atoms with Gasteiger partial charge in [-0.3, -0.25) is 4.79 Å². The molecular formula is C13H16ClNO3. The lowest BCUT2D eigenvalue weighted by Gasteiger charge is -2.13. The number of amides is 1. The molecule has 2 unspecified atom stereocenters. The zero-order chi connectivity index (χ0) is 13.0. The summed E-state index contributed by atoms with van der Waals surface area (Å²) in [4.78, 5) is 12.0. The Bertz CT molecular complexity index is 424. The van der Waals surface area contributed by atoms with E-state index in [-0.39, 0.29) is 17.2 Å².